The summed E-state index contributed by atoms with van der Waals surface area (Å²) in [5, 5.41) is 33.7. The molecule has 0 spiro atoms. The number of rotatable bonds is 16. The first-order valence-electron chi connectivity index (χ1n) is 22.7. The van der Waals surface area contributed by atoms with Gasteiger partial charge in [-0.3, -0.25) is 4.57 Å². The Hall–Kier alpha value is -7.67. The molecule has 2 unspecified atom stereocenters. The first kappa shape index (κ1) is 44.2. The van der Waals surface area contributed by atoms with E-state index in [0.717, 1.165) is 44.7 Å². The Morgan fingerprint density at radius 2 is 1.04 bits per heavy atom. The molecule has 3 heterocycles. The third-order valence-electron chi connectivity index (χ3n) is 13.3. The van der Waals surface area contributed by atoms with E-state index in [2.05, 4.69) is 47.0 Å². The van der Waals surface area contributed by atoms with Crippen molar-refractivity contribution in [1.29, 1.82) is 0 Å². The summed E-state index contributed by atoms with van der Waals surface area (Å²) in [6.07, 6.45) is -1.35. The van der Waals surface area contributed by atoms with Crippen LogP contribution in [0.1, 0.15) is 45.2 Å². The minimum absolute atomic E-state index is 0.404. The normalized spacial score (nSPS) is 17.7. The van der Waals surface area contributed by atoms with Gasteiger partial charge in [0.2, 0.25) is 0 Å². The number of fused-ring (bicyclic) bond motifs is 1. The molecule has 4 N–H and O–H groups in total. The first-order chi connectivity index (χ1) is 33.4. The molecule has 0 bridgehead atoms. The maximum Gasteiger partial charge on any atom is 0.167 e. The van der Waals surface area contributed by atoms with Crippen molar-refractivity contribution < 1.29 is 24.4 Å². The lowest BCUT2D eigenvalue weighted by Crippen LogP contribution is -2.56. The summed E-state index contributed by atoms with van der Waals surface area (Å²) in [5.74, 6) is 1.88. The van der Waals surface area contributed by atoms with Crippen LogP contribution >= 0.6 is 0 Å². The molecule has 0 radical (unpaired) electrons. The molecule has 10 rings (SSSR count). The van der Waals surface area contributed by atoms with Gasteiger partial charge in [-0.1, -0.05) is 176 Å². The Morgan fingerprint density at radius 1 is 0.588 bits per heavy atom. The third-order valence-corrected chi connectivity index (χ3v) is 13.3. The zero-order chi connectivity index (χ0) is 46.5. The number of anilines is 1. The van der Waals surface area contributed by atoms with Crippen molar-refractivity contribution in [1.82, 2.24) is 24.8 Å². The van der Waals surface area contributed by atoms with Crippen LogP contribution in [-0.2, 0) is 22.2 Å². The molecule has 0 saturated carbocycles. The van der Waals surface area contributed by atoms with Gasteiger partial charge in [-0.25, -0.2) is 15.0 Å². The quantitative estimate of drug-likeness (QED) is 0.0696. The first-order valence-corrected chi connectivity index (χ1v) is 22.7. The molecular weight excluding hydrogens is 849 g/mol. The number of ether oxygens (including phenoxy) is 3. The number of aliphatic hydroxyl groups excluding tert-OH is 2. The lowest BCUT2D eigenvalue weighted by molar-refractivity contribution is -0.0877. The molecule has 2 aromatic heterocycles. The lowest BCUT2D eigenvalue weighted by atomic mass is 9.64. The molecule has 11 heteroatoms. The second-order valence-electron chi connectivity index (χ2n) is 17.0. The average molecular weight is 901 g/mol. The fourth-order valence-corrected chi connectivity index (χ4v) is 10.0. The molecular formula is C57H52N6O5. The van der Waals surface area contributed by atoms with Crippen molar-refractivity contribution in [3.8, 4) is 11.5 Å². The standard InChI is InChI=1S/C57H52N6O5/c1-66-46-32-28-42(29-33-46)56(40-20-10-4-11-21-40,41-22-12-5-13-23-41)52(65)51-48(58-36-39-18-8-3-9-19-39)50(64)55(68-51)63-38-61-49-53(59-37-60-54(49)63)62-57(43-24-14-6-15-25-43,44-26-16-7-17-27-44)45-30-34-47(67-2)35-31-45/h3-35,37-38,48,50-52,55,58,64-65H,36H2,1-2H3,(H,59,60,62)/t48?,50-,51+,52?,55-/m1/s1. The highest BCUT2D eigenvalue weighted by Crippen LogP contribution is 2.48. The SMILES string of the molecule is COc1ccc(C(Nc2ncnc3c2ncn3[C@@H]2O[C@H](C(O)C(c3ccccc3)(c3ccccc3)c3ccc(OC)cc3)C(NCc3ccccc3)[C@H]2O)(c2ccccc2)c2ccccc2)cc1. The van der Waals surface area contributed by atoms with Gasteiger partial charge in [0, 0.05) is 6.54 Å². The summed E-state index contributed by atoms with van der Waals surface area (Å²) in [6, 6.07) is 65.4. The van der Waals surface area contributed by atoms with Crippen LogP contribution in [0.15, 0.2) is 213 Å². The number of hydrogen-bond acceptors (Lipinski definition) is 10. The molecule has 340 valence electrons. The Balaban J connectivity index is 1.10. The predicted molar refractivity (Wildman–Crippen MR) is 263 cm³/mol. The van der Waals surface area contributed by atoms with E-state index in [0.29, 0.717) is 29.3 Å². The van der Waals surface area contributed by atoms with Crippen LogP contribution in [-0.4, -0.2) is 68.3 Å². The number of nitrogens with zero attached hydrogens (tertiary/aromatic N) is 4. The summed E-state index contributed by atoms with van der Waals surface area (Å²) in [4.78, 5) is 14.6. The smallest absolute Gasteiger partial charge is 0.167 e. The monoisotopic (exact) mass is 900 g/mol. The number of methoxy groups -OCH3 is 2. The van der Waals surface area contributed by atoms with Crippen molar-refractivity contribution in [2.75, 3.05) is 19.5 Å². The van der Waals surface area contributed by atoms with E-state index < -0.39 is 41.5 Å². The van der Waals surface area contributed by atoms with Gasteiger partial charge < -0.3 is 35.1 Å². The number of aromatic nitrogens is 4. The zero-order valence-corrected chi connectivity index (χ0v) is 37.7. The van der Waals surface area contributed by atoms with Crippen LogP contribution in [0.3, 0.4) is 0 Å². The van der Waals surface area contributed by atoms with Gasteiger partial charge in [0.1, 0.15) is 35.6 Å². The second kappa shape index (κ2) is 19.3. The summed E-state index contributed by atoms with van der Waals surface area (Å²) >= 11 is 0. The molecule has 68 heavy (non-hydrogen) atoms. The Labute approximate surface area is 395 Å². The van der Waals surface area contributed by atoms with Gasteiger partial charge in [0.25, 0.3) is 0 Å². The third kappa shape index (κ3) is 7.95. The number of aliphatic hydroxyl groups is 2. The minimum atomic E-state index is -1.27. The molecule has 0 amide bonds. The van der Waals surface area contributed by atoms with E-state index in [9.17, 15) is 10.2 Å². The second-order valence-corrected chi connectivity index (χ2v) is 17.0. The summed E-state index contributed by atoms with van der Waals surface area (Å²) < 4.78 is 20.0. The summed E-state index contributed by atoms with van der Waals surface area (Å²) in [5.41, 5.74) is 5.17. The van der Waals surface area contributed by atoms with Crippen molar-refractivity contribution in [3.05, 3.63) is 252 Å². The zero-order valence-electron chi connectivity index (χ0n) is 37.7. The highest BCUT2D eigenvalue weighted by atomic mass is 16.5. The van der Waals surface area contributed by atoms with Crippen molar-refractivity contribution in [3.63, 3.8) is 0 Å². The highest BCUT2D eigenvalue weighted by molar-refractivity contribution is 5.84. The topological polar surface area (TPSA) is 136 Å². The van der Waals surface area contributed by atoms with Gasteiger partial charge in [-0.15, -0.1) is 0 Å². The lowest BCUT2D eigenvalue weighted by Gasteiger charge is -2.43. The van der Waals surface area contributed by atoms with Gasteiger partial charge in [-0.2, -0.15) is 0 Å². The van der Waals surface area contributed by atoms with Crippen LogP contribution in [0.4, 0.5) is 5.82 Å². The number of nitrogens with one attached hydrogen (secondary N) is 2. The fourth-order valence-electron chi connectivity index (χ4n) is 10.0. The molecule has 1 aliphatic heterocycles. The van der Waals surface area contributed by atoms with E-state index >= 15 is 0 Å². The minimum Gasteiger partial charge on any atom is -0.497 e. The van der Waals surface area contributed by atoms with E-state index in [-0.39, 0.29) is 0 Å². The van der Waals surface area contributed by atoms with E-state index in [1.54, 1.807) is 25.1 Å². The van der Waals surface area contributed by atoms with Crippen molar-refractivity contribution >= 4 is 17.0 Å². The van der Waals surface area contributed by atoms with Gasteiger partial charge in [-0.05, 0) is 63.2 Å². The molecule has 5 atom stereocenters. The van der Waals surface area contributed by atoms with Crippen LogP contribution in [0, 0.1) is 0 Å². The number of hydrogen-bond donors (Lipinski definition) is 4. The van der Waals surface area contributed by atoms with Gasteiger partial charge >= 0.3 is 0 Å². The Morgan fingerprint density at radius 3 is 1.56 bits per heavy atom. The maximum absolute atomic E-state index is 13.5. The Bertz CT molecular complexity index is 2960. The molecule has 0 aliphatic carbocycles. The summed E-state index contributed by atoms with van der Waals surface area (Å²) in [7, 11) is 3.29. The van der Waals surface area contributed by atoms with E-state index in [1.807, 2.05) is 164 Å². The molecule has 1 fully saturated rings. The largest absolute Gasteiger partial charge is 0.497 e. The summed E-state index contributed by atoms with van der Waals surface area (Å²) in [6.45, 7) is 0.404. The average Bonchev–Trinajstić information content (AvgIpc) is 3.99. The van der Waals surface area contributed by atoms with Crippen molar-refractivity contribution in [2.24, 2.45) is 0 Å². The molecule has 1 saturated heterocycles. The van der Waals surface area contributed by atoms with Gasteiger partial charge in [0.05, 0.1) is 38.1 Å². The van der Waals surface area contributed by atoms with Crippen LogP contribution < -0.4 is 20.1 Å². The molecule has 11 nitrogen and oxygen atoms in total. The fraction of sp³-hybridized carbons (Fsp3) is 0.175. The predicted octanol–water partition coefficient (Wildman–Crippen LogP) is 9.06. The van der Waals surface area contributed by atoms with Crippen LogP contribution in [0.5, 0.6) is 11.5 Å². The van der Waals surface area contributed by atoms with Crippen molar-refractivity contribution in [2.45, 2.75) is 48.1 Å². The molecule has 7 aromatic carbocycles. The highest BCUT2D eigenvalue weighted by Gasteiger charge is 2.55. The van der Waals surface area contributed by atoms with Crippen LogP contribution in [0.2, 0.25) is 0 Å². The molecule has 1 aliphatic rings. The van der Waals surface area contributed by atoms with E-state index in [4.69, 9.17) is 29.2 Å². The van der Waals surface area contributed by atoms with Crippen LogP contribution in [0.25, 0.3) is 11.2 Å². The maximum atomic E-state index is 13.5. The molecule has 9 aromatic rings. The number of benzene rings is 7. The number of imidazole rings is 1. The van der Waals surface area contributed by atoms with Gasteiger partial charge in [0.15, 0.2) is 23.2 Å². The Kier molecular flexibility index (Phi) is 12.5. The van der Waals surface area contributed by atoms with E-state index in [1.165, 1.54) is 6.33 Å².